The molecule has 0 saturated heterocycles. The Morgan fingerprint density at radius 1 is 0.833 bits per heavy atom. The van der Waals surface area contributed by atoms with Gasteiger partial charge in [-0.25, -0.2) is 0 Å². The lowest BCUT2D eigenvalue weighted by Crippen LogP contribution is -2.36. The van der Waals surface area contributed by atoms with Gasteiger partial charge >= 0.3 is 0 Å². The predicted molar refractivity (Wildman–Crippen MR) is 158 cm³/mol. The molecule has 212 valence electrons. The van der Waals surface area contributed by atoms with E-state index in [0.717, 1.165) is 45.4 Å². The van der Waals surface area contributed by atoms with E-state index in [4.69, 9.17) is 10.7 Å². The molecule has 0 aromatic rings. The Balaban J connectivity index is 1.90. The van der Waals surface area contributed by atoms with Crippen LogP contribution < -0.4 is 11.1 Å². The second kappa shape index (κ2) is 24.2. The van der Waals surface area contributed by atoms with Gasteiger partial charge in [0.1, 0.15) is 0 Å². The summed E-state index contributed by atoms with van der Waals surface area (Å²) < 4.78 is 0. The Kier molecular flexibility index (Phi) is 22.2. The third-order valence-electron chi connectivity index (χ3n) is 7.55. The molecule has 0 fully saturated rings. The number of unbranched alkanes of at least 4 members (excludes halogenated alkanes) is 17. The number of carbonyl (C=O) groups excluding carboxylic acids is 1. The standard InChI is InChI=1S/C31H62N4O/c1-3-4-5-6-7-8-11-14-17-20-23-30-33-25-27-35(30)28-26-34-31(36)24-21-18-15-12-9-10-13-16-19-22-29(2)32/h29H,3-28,32H2,1-2H3,(H,34,36). The highest BCUT2D eigenvalue weighted by atomic mass is 16.1. The molecule has 0 radical (unpaired) electrons. The molecular formula is C31H62N4O. The van der Waals surface area contributed by atoms with Gasteiger partial charge < -0.3 is 16.0 Å². The summed E-state index contributed by atoms with van der Waals surface area (Å²) in [4.78, 5) is 19.3. The minimum Gasteiger partial charge on any atom is -0.357 e. The highest BCUT2D eigenvalue weighted by molar-refractivity contribution is 5.83. The number of nitrogens with one attached hydrogen (secondary N) is 1. The Hall–Kier alpha value is -1.10. The maximum Gasteiger partial charge on any atom is 0.220 e. The third-order valence-corrected chi connectivity index (χ3v) is 7.55. The van der Waals surface area contributed by atoms with E-state index in [1.807, 2.05) is 0 Å². The predicted octanol–water partition coefficient (Wildman–Crippen LogP) is 7.77. The van der Waals surface area contributed by atoms with Crippen LogP contribution in [0.5, 0.6) is 0 Å². The highest BCUT2D eigenvalue weighted by Crippen LogP contribution is 2.14. The molecule has 0 aromatic heterocycles. The van der Waals surface area contributed by atoms with Crippen molar-refractivity contribution < 1.29 is 4.79 Å². The van der Waals surface area contributed by atoms with E-state index in [1.165, 1.54) is 121 Å². The van der Waals surface area contributed by atoms with Gasteiger partial charge in [-0.05, 0) is 26.2 Å². The minimum atomic E-state index is 0.219. The number of nitrogens with zero attached hydrogens (tertiary/aromatic N) is 2. The van der Waals surface area contributed by atoms with Crippen LogP contribution in [-0.2, 0) is 4.79 Å². The fraction of sp³-hybridized carbons (Fsp3) is 0.935. The van der Waals surface area contributed by atoms with Gasteiger partial charge in [0.15, 0.2) is 0 Å². The molecule has 36 heavy (non-hydrogen) atoms. The number of hydrogen-bond donors (Lipinski definition) is 2. The van der Waals surface area contributed by atoms with Crippen LogP contribution in [0.2, 0.25) is 0 Å². The van der Waals surface area contributed by atoms with E-state index in [0.29, 0.717) is 12.5 Å². The summed E-state index contributed by atoms with van der Waals surface area (Å²) in [5.74, 6) is 1.49. The maximum absolute atomic E-state index is 12.2. The molecule has 5 heteroatoms. The van der Waals surface area contributed by atoms with Crippen molar-refractivity contribution in [2.45, 2.75) is 161 Å². The number of rotatable bonds is 26. The van der Waals surface area contributed by atoms with Crippen molar-refractivity contribution in [2.75, 3.05) is 26.2 Å². The van der Waals surface area contributed by atoms with Gasteiger partial charge in [0.05, 0.1) is 12.4 Å². The maximum atomic E-state index is 12.2. The van der Waals surface area contributed by atoms with Crippen molar-refractivity contribution in [1.29, 1.82) is 0 Å². The van der Waals surface area contributed by atoms with E-state index < -0.39 is 0 Å². The van der Waals surface area contributed by atoms with Crippen LogP contribution in [0.15, 0.2) is 4.99 Å². The van der Waals surface area contributed by atoms with Crippen LogP contribution in [0.3, 0.4) is 0 Å². The Bertz CT molecular complexity index is 535. The number of hydrogen-bond acceptors (Lipinski definition) is 4. The molecule has 1 unspecified atom stereocenters. The second-order valence-corrected chi connectivity index (χ2v) is 11.3. The zero-order chi connectivity index (χ0) is 26.1. The molecule has 1 amide bonds. The lowest BCUT2D eigenvalue weighted by molar-refractivity contribution is -0.121. The highest BCUT2D eigenvalue weighted by Gasteiger charge is 2.16. The van der Waals surface area contributed by atoms with E-state index >= 15 is 0 Å². The first-order chi connectivity index (χ1) is 17.6. The number of nitrogens with two attached hydrogens (primary N) is 1. The lowest BCUT2D eigenvalue weighted by Gasteiger charge is -2.20. The normalized spacial score (nSPS) is 14.3. The summed E-state index contributed by atoms with van der Waals surface area (Å²) >= 11 is 0. The average Bonchev–Trinajstić information content (AvgIpc) is 3.30. The summed E-state index contributed by atoms with van der Waals surface area (Å²) in [5, 5.41) is 3.13. The lowest BCUT2D eigenvalue weighted by atomic mass is 10.0. The number of aliphatic imine (C=N–C) groups is 1. The molecule has 0 aliphatic carbocycles. The van der Waals surface area contributed by atoms with Gasteiger partial charge in [-0.1, -0.05) is 116 Å². The van der Waals surface area contributed by atoms with Crippen LogP contribution in [0, 0.1) is 0 Å². The zero-order valence-electron chi connectivity index (χ0n) is 24.3. The summed E-state index contributed by atoms with van der Waals surface area (Å²) in [6.45, 7) is 7.98. The monoisotopic (exact) mass is 506 g/mol. The van der Waals surface area contributed by atoms with Crippen LogP contribution in [0.25, 0.3) is 0 Å². The number of carbonyl (C=O) groups is 1. The average molecular weight is 507 g/mol. The van der Waals surface area contributed by atoms with E-state index in [-0.39, 0.29) is 5.91 Å². The quantitative estimate of drug-likeness (QED) is 0.118. The van der Waals surface area contributed by atoms with Crippen LogP contribution in [0.4, 0.5) is 0 Å². The summed E-state index contributed by atoms with van der Waals surface area (Å²) in [7, 11) is 0. The Labute approximate surface area is 224 Å². The largest absolute Gasteiger partial charge is 0.357 e. The molecule has 0 aromatic carbocycles. The molecule has 1 rings (SSSR count). The minimum absolute atomic E-state index is 0.219. The van der Waals surface area contributed by atoms with Crippen molar-refractivity contribution in [3.05, 3.63) is 0 Å². The molecule has 0 spiro atoms. The van der Waals surface area contributed by atoms with Crippen LogP contribution in [-0.4, -0.2) is 48.9 Å². The number of amides is 1. The molecule has 1 aliphatic heterocycles. The van der Waals surface area contributed by atoms with Gasteiger partial charge in [-0.3, -0.25) is 9.79 Å². The third kappa shape index (κ3) is 20.0. The molecule has 1 heterocycles. The van der Waals surface area contributed by atoms with Gasteiger partial charge in [-0.2, -0.15) is 0 Å². The first-order valence-corrected chi connectivity index (χ1v) is 15.9. The van der Waals surface area contributed by atoms with Crippen molar-refractivity contribution in [3.8, 4) is 0 Å². The van der Waals surface area contributed by atoms with E-state index in [1.54, 1.807) is 0 Å². The van der Waals surface area contributed by atoms with Gasteiger partial charge in [0, 0.05) is 38.5 Å². The van der Waals surface area contributed by atoms with E-state index in [9.17, 15) is 4.79 Å². The second-order valence-electron chi connectivity index (χ2n) is 11.3. The van der Waals surface area contributed by atoms with Crippen LogP contribution >= 0.6 is 0 Å². The van der Waals surface area contributed by atoms with Crippen molar-refractivity contribution in [2.24, 2.45) is 10.7 Å². The molecule has 3 N–H and O–H groups in total. The van der Waals surface area contributed by atoms with Crippen molar-refractivity contribution in [1.82, 2.24) is 10.2 Å². The van der Waals surface area contributed by atoms with E-state index in [2.05, 4.69) is 24.1 Å². The molecule has 5 nitrogen and oxygen atoms in total. The molecule has 1 atom stereocenters. The smallest absolute Gasteiger partial charge is 0.220 e. The SMILES string of the molecule is CCCCCCCCCCCCC1=NCCN1CCNC(=O)CCCCCCCCCCCC(C)N. The summed E-state index contributed by atoms with van der Waals surface area (Å²) in [6.07, 6.45) is 28.1. The zero-order valence-corrected chi connectivity index (χ0v) is 24.3. The van der Waals surface area contributed by atoms with Gasteiger partial charge in [-0.15, -0.1) is 0 Å². The first-order valence-electron chi connectivity index (χ1n) is 15.9. The number of amidine groups is 1. The molecule has 1 aliphatic rings. The van der Waals surface area contributed by atoms with Crippen LogP contribution in [0.1, 0.15) is 155 Å². The summed E-state index contributed by atoms with van der Waals surface area (Å²) in [6, 6.07) is 0.355. The Morgan fingerprint density at radius 3 is 1.94 bits per heavy atom. The first kappa shape index (κ1) is 32.9. The fourth-order valence-electron chi connectivity index (χ4n) is 5.19. The molecule has 0 bridgehead atoms. The van der Waals surface area contributed by atoms with Gasteiger partial charge in [0.25, 0.3) is 0 Å². The van der Waals surface area contributed by atoms with Gasteiger partial charge in [0.2, 0.25) is 5.91 Å². The molecule has 0 saturated carbocycles. The van der Waals surface area contributed by atoms with Crippen molar-refractivity contribution >= 4 is 11.7 Å². The summed E-state index contributed by atoms with van der Waals surface area (Å²) in [5.41, 5.74) is 5.79. The topological polar surface area (TPSA) is 70.7 Å². The fourth-order valence-corrected chi connectivity index (χ4v) is 5.19. The Morgan fingerprint density at radius 2 is 1.36 bits per heavy atom. The van der Waals surface area contributed by atoms with Crippen molar-refractivity contribution in [3.63, 3.8) is 0 Å². The molecular weight excluding hydrogens is 444 g/mol.